The van der Waals surface area contributed by atoms with Gasteiger partial charge in [0.25, 0.3) is 0 Å². The number of nitrogens with one attached hydrogen (secondary N) is 2. The molecule has 0 aliphatic carbocycles. The van der Waals surface area contributed by atoms with Gasteiger partial charge in [0.15, 0.2) is 0 Å². The summed E-state index contributed by atoms with van der Waals surface area (Å²) in [5.41, 5.74) is 1.36. The number of rotatable bonds is 9. The van der Waals surface area contributed by atoms with Gasteiger partial charge in [0.1, 0.15) is 4.88 Å². The fourth-order valence-corrected chi connectivity index (χ4v) is 3.69. The van der Waals surface area contributed by atoms with Crippen LogP contribution in [0.5, 0.6) is 0 Å². The molecule has 2 aromatic rings. The van der Waals surface area contributed by atoms with Crippen LogP contribution in [0.25, 0.3) is 10.4 Å². The topological polar surface area (TPSA) is 87.7 Å². The highest BCUT2D eigenvalue weighted by Gasteiger charge is 2.20. The van der Waals surface area contributed by atoms with Crippen molar-refractivity contribution in [3.63, 3.8) is 0 Å². The van der Waals surface area contributed by atoms with Crippen LogP contribution in [0.15, 0.2) is 36.4 Å². The second kappa shape index (κ2) is 10.7. The molecule has 0 saturated carbocycles. The molecular formula is C21H27N3O4S. The second-order valence-corrected chi connectivity index (χ2v) is 7.93. The van der Waals surface area contributed by atoms with Crippen molar-refractivity contribution in [1.29, 1.82) is 0 Å². The molecule has 0 saturated heterocycles. The summed E-state index contributed by atoms with van der Waals surface area (Å²) in [6.07, 6.45) is 0. The predicted octanol–water partition coefficient (Wildman–Crippen LogP) is 2.99. The fourth-order valence-electron chi connectivity index (χ4n) is 2.68. The molecule has 2 amide bonds. The van der Waals surface area contributed by atoms with Crippen molar-refractivity contribution in [1.82, 2.24) is 10.2 Å². The van der Waals surface area contributed by atoms with Gasteiger partial charge in [0, 0.05) is 10.9 Å². The molecule has 1 aromatic heterocycles. The average Bonchev–Trinajstić information content (AvgIpc) is 3.05. The highest BCUT2D eigenvalue weighted by molar-refractivity contribution is 7.18. The van der Waals surface area contributed by atoms with Crippen LogP contribution in [-0.2, 0) is 14.3 Å². The lowest BCUT2D eigenvalue weighted by Gasteiger charge is -2.17. The lowest BCUT2D eigenvalue weighted by Crippen LogP contribution is -2.41. The number of ether oxygens (including phenoxy) is 1. The summed E-state index contributed by atoms with van der Waals surface area (Å²) in [7, 11) is 1.69. The zero-order valence-electron chi connectivity index (χ0n) is 17.2. The maximum absolute atomic E-state index is 12.5. The molecule has 0 unspecified atom stereocenters. The molecule has 0 aliphatic heterocycles. The first-order valence-corrected chi connectivity index (χ1v) is 10.3. The summed E-state index contributed by atoms with van der Waals surface area (Å²) in [5, 5.41) is 5.57. The Balaban J connectivity index is 2.11. The van der Waals surface area contributed by atoms with E-state index < -0.39 is 5.97 Å². The molecule has 29 heavy (non-hydrogen) atoms. The van der Waals surface area contributed by atoms with Crippen LogP contribution in [0.2, 0.25) is 0 Å². The second-order valence-electron chi connectivity index (χ2n) is 6.88. The Labute approximate surface area is 175 Å². The minimum absolute atomic E-state index is 0.0182. The van der Waals surface area contributed by atoms with Gasteiger partial charge in [-0.25, -0.2) is 4.79 Å². The summed E-state index contributed by atoms with van der Waals surface area (Å²) in [5.74, 6) is -0.933. The van der Waals surface area contributed by atoms with Gasteiger partial charge in [-0.15, -0.1) is 11.3 Å². The molecule has 7 nitrogen and oxygen atoms in total. The largest absolute Gasteiger partial charge is 0.462 e. The van der Waals surface area contributed by atoms with Crippen LogP contribution in [0.3, 0.4) is 0 Å². The van der Waals surface area contributed by atoms with Gasteiger partial charge in [-0.3, -0.25) is 14.5 Å². The van der Waals surface area contributed by atoms with Gasteiger partial charge in [0.05, 0.1) is 25.4 Å². The van der Waals surface area contributed by atoms with Gasteiger partial charge in [-0.05, 0) is 39.4 Å². The zero-order valence-corrected chi connectivity index (χ0v) is 18.0. The maximum Gasteiger partial charge on any atom is 0.350 e. The number of esters is 1. The summed E-state index contributed by atoms with van der Waals surface area (Å²) < 4.78 is 5.13. The van der Waals surface area contributed by atoms with E-state index in [0.29, 0.717) is 10.6 Å². The van der Waals surface area contributed by atoms with Crippen molar-refractivity contribution in [2.45, 2.75) is 26.8 Å². The SMILES string of the molecule is CCOC(=O)c1sc(-c2ccccc2)cc1NC(=O)CN(C)CC(=O)NC(C)C. The van der Waals surface area contributed by atoms with Crippen molar-refractivity contribution in [2.24, 2.45) is 0 Å². The standard InChI is InChI=1S/C21H27N3O4S/c1-5-28-21(27)20-16(11-17(29-20)15-9-7-6-8-10-15)23-19(26)13-24(4)12-18(25)22-14(2)3/h6-11,14H,5,12-13H2,1-4H3,(H,22,25)(H,23,26). The van der Waals surface area contributed by atoms with Crippen LogP contribution in [0, 0.1) is 0 Å². The molecule has 1 aromatic carbocycles. The maximum atomic E-state index is 12.5. The quantitative estimate of drug-likeness (QED) is 0.613. The Hall–Kier alpha value is -2.71. The molecule has 2 rings (SSSR count). The van der Waals surface area contributed by atoms with Crippen LogP contribution >= 0.6 is 11.3 Å². The van der Waals surface area contributed by atoms with E-state index in [4.69, 9.17) is 4.74 Å². The Bertz CT molecular complexity index is 849. The van der Waals surface area contributed by atoms with E-state index in [9.17, 15) is 14.4 Å². The summed E-state index contributed by atoms with van der Waals surface area (Å²) in [6, 6.07) is 11.4. The number of hydrogen-bond donors (Lipinski definition) is 2. The minimum atomic E-state index is -0.473. The molecule has 2 N–H and O–H groups in total. The number of hydrogen-bond acceptors (Lipinski definition) is 6. The molecular weight excluding hydrogens is 390 g/mol. The summed E-state index contributed by atoms with van der Waals surface area (Å²) in [6.45, 7) is 5.86. The van der Waals surface area contributed by atoms with E-state index in [-0.39, 0.29) is 37.6 Å². The van der Waals surface area contributed by atoms with Gasteiger partial charge in [-0.1, -0.05) is 30.3 Å². The van der Waals surface area contributed by atoms with Crippen molar-refractivity contribution >= 4 is 34.8 Å². The van der Waals surface area contributed by atoms with Crippen molar-refractivity contribution in [2.75, 3.05) is 32.1 Å². The smallest absolute Gasteiger partial charge is 0.350 e. The number of nitrogens with zero attached hydrogens (tertiary/aromatic N) is 1. The first-order chi connectivity index (χ1) is 13.8. The van der Waals surface area contributed by atoms with E-state index in [1.165, 1.54) is 11.3 Å². The third-order valence-electron chi connectivity index (χ3n) is 3.80. The molecule has 0 bridgehead atoms. The monoisotopic (exact) mass is 417 g/mol. The van der Waals surface area contributed by atoms with E-state index >= 15 is 0 Å². The van der Waals surface area contributed by atoms with Gasteiger partial charge in [0.2, 0.25) is 11.8 Å². The summed E-state index contributed by atoms with van der Waals surface area (Å²) in [4.78, 5) is 39.5. The summed E-state index contributed by atoms with van der Waals surface area (Å²) >= 11 is 1.27. The van der Waals surface area contributed by atoms with Crippen molar-refractivity contribution in [3.05, 3.63) is 41.3 Å². The number of thiophene rings is 1. The molecule has 0 aliphatic rings. The lowest BCUT2D eigenvalue weighted by molar-refractivity contribution is -0.123. The van der Waals surface area contributed by atoms with Gasteiger partial charge in [-0.2, -0.15) is 0 Å². The number of likely N-dealkylation sites (N-methyl/N-ethyl adjacent to an activating group) is 1. The third kappa shape index (κ3) is 6.99. The van der Waals surface area contributed by atoms with Crippen LogP contribution in [-0.4, -0.2) is 55.5 Å². The number of benzene rings is 1. The fraction of sp³-hybridized carbons (Fsp3) is 0.381. The normalized spacial score (nSPS) is 10.8. The number of amides is 2. The lowest BCUT2D eigenvalue weighted by atomic mass is 10.2. The molecule has 0 fully saturated rings. The number of anilines is 1. The Morgan fingerprint density at radius 1 is 1.10 bits per heavy atom. The van der Waals surface area contributed by atoms with E-state index in [1.54, 1.807) is 24.9 Å². The predicted molar refractivity (Wildman–Crippen MR) is 115 cm³/mol. The number of carbonyl (C=O) groups excluding carboxylic acids is 3. The highest BCUT2D eigenvalue weighted by atomic mass is 32.1. The first kappa shape index (κ1) is 22.6. The minimum Gasteiger partial charge on any atom is -0.462 e. The first-order valence-electron chi connectivity index (χ1n) is 9.44. The average molecular weight is 418 g/mol. The zero-order chi connectivity index (χ0) is 21.4. The molecule has 0 radical (unpaired) electrons. The van der Waals surface area contributed by atoms with Gasteiger partial charge >= 0.3 is 5.97 Å². The molecule has 156 valence electrons. The van der Waals surface area contributed by atoms with E-state index in [1.807, 2.05) is 44.2 Å². The van der Waals surface area contributed by atoms with Crippen molar-refractivity contribution in [3.8, 4) is 10.4 Å². The van der Waals surface area contributed by atoms with E-state index in [0.717, 1.165) is 10.4 Å². The van der Waals surface area contributed by atoms with E-state index in [2.05, 4.69) is 10.6 Å². The number of carbonyl (C=O) groups is 3. The Morgan fingerprint density at radius 2 is 1.76 bits per heavy atom. The Kier molecular flexibility index (Phi) is 8.35. The van der Waals surface area contributed by atoms with Crippen LogP contribution in [0.1, 0.15) is 30.4 Å². The van der Waals surface area contributed by atoms with Crippen molar-refractivity contribution < 1.29 is 19.1 Å². The molecule has 1 heterocycles. The van der Waals surface area contributed by atoms with Crippen LogP contribution < -0.4 is 10.6 Å². The third-order valence-corrected chi connectivity index (χ3v) is 4.97. The molecule has 8 heteroatoms. The molecule has 0 atom stereocenters. The highest BCUT2D eigenvalue weighted by Crippen LogP contribution is 2.35. The Morgan fingerprint density at radius 3 is 2.38 bits per heavy atom. The van der Waals surface area contributed by atoms with Gasteiger partial charge < -0.3 is 15.4 Å². The molecule has 0 spiro atoms. The van der Waals surface area contributed by atoms with Crippen LogP contribution in [0.4, 0.5) is 5.69 Å².